The number of benzene rings is 3. The van der Waals surface area contributed by atoms with Gasteiger partial charge in [-0.1, -0.05) is 50.1 Å². The number of ether oxygens (including phenoxy) is 1. The van der Waals surface area contributed by atoms with Crippen LogP contribution in [-0.2, 0) is 0 Å². The number of anilines is 1. The summed E-state index contributed by atoms with van der Waals surface area (Å²) in [5, 5.41) is 4.31. The van der Waals surface area contributed by atoms with Gasteiger partial charge < -0.3 is 4.74 Å². The molecule has 4 aromatic rings. The number of halogens is 1. The van der Waals surface area contributed by atoms with Crippen LogP contribution < -0.4 is 10.2 Å². The molecule has 3 aromatic carbocycles. The average molecular weight is 455 g/mol. The topological polar surface area (TPSA) is 59.4 Å². The smallest absolute Gasteiger partial charge is 0.244 e. The summed E-state index contributed by atoms with van der Waals surface area (Å²) in [6.45, 7) is 2.91. The van der Waals surface area contributed by atoms with Crippen molar-refractivity contribution in [2.75, 3.05) is 12.0 Å². The van der Waals surface area contributed by atoms with Gasteiger partial charge in [-0.2, -0.15) is 5.10 Å². The van der Waals surface area contributed by atoms with Crippen molar-refractivity contribution in [3.8, 4) is 28.3 Å². The summed E-state index contributed by atoms with van der Waals surface area (Å²) < 4.78 is 19.1. The molecule has 0 bridgehead atoms. The van der Waals surface area contributed by atoms with Crippen LogP contribution in [0.3, 0.4) is 0 Å². The van der Waals surface area contributed by atoms with Crippen LogP contribution in [0.2, 0.25) is 0 Å². The van der Waals surface area contributed by atoms with Crippen molar-refractivity contribution in [1.82, 2.24) is 9.97 Å². The molecule has 0 aliphatic heterocycles. The van der Waals surface area contributed by atoms with Crippen LogP contribution in [0, 0.1) is 5.82 Å². The molecule has 0 aliphatic rings. The lowest BCUT2D eigenvalue weighted by molar-refractivity contribution is 0.306. The van der Waals surface area contributed by atoms with E-state index in [0.29, 0.717) is 11.6 Å². The molecule has 1 N–H and O–H groups in total. The predicted molar refractivity (Wildman–Crippen MR) is 136 cm³/mol. The fourth-order valence-corrected chi connectivity index (χ4v) is 3.38. The first-order chi connectivity index (χ1) is 16.7. The first kappa shape index (κ1) is 23.1. The maximum Gasteiger partial charge on any atom is 0.244 e. The molecule has 1 heterocycles. The summed E-state index contributed by atoms with van der Waals surface area (Å²) in [4.78, 5) is 9.19. The van der Waals surface area contributed by atoms with E-state index in [9.17, 15) is 4.39 Å². The van der Waals surface area contributed by atoms with Gasteiger partial charge in [-0.05, 0) is 66.6 Å². The number of hydrazone groups is 1. The second-order valence-corrected chi connectivity index (χ2v) is 7.83. The molecule has 0 aliphatic carbocycles. The molecule has 1 aromatic heterocycles. The van der Waals surface area contributed by atoms with E-state index in [-0.39, 0.29) is 5.82 Å². The van der Waals surface area contributed by atoms with E-state index in [1.807, 2.05) is 60.7 Å². The first-order valence-corrected chi connectivity index (χ1v) is 11.4. The lowest BCUT2D eigenvalue weighted by Gasteiger charge is -2.08. The molecule has 0 amide bonds. The predicted octanol–water partition coefficient (Wildman–Crippen LogP) is 6.96. The average Bonchev–Trinajstić information content (AvgIpc) is 2.88. The molecule has 4 rings (SSSR count). The Kier molecular flexibility index (Phi) is 7.95. The molecule has 0 saturated heterocycles. The molecule has 5 nitrogen and oxygen atoms in total. The first-order valence-electron chi connectivity index (χ1n) is 11.4. The van der Waals surface area contributed by atoms with E-state index < -0.39 is 0 Å². The third kappa shape index (κ3) is 6.48. The third-order valence-corrected chi connectivity index (χ3v) is 5.21. The minimum Gasteiger partial charge on any atom is -0.494 e. The molecular formula is C28H27FN4O. The summed E-state index contributed by atoms with van der Waals surface area (Å²) in [6.07, 6.45) is 5.12. The molecule has 0 radical (unpaired) electrons. The molecule has 34 heavy (non-hydrogen) atoms. The Balaban J connectivity index is 1.50. The van der Waals surface area contributed by atoms with Crippen LogP contribution in [0.25, 0.3) is 22.5 Å². The largest absolute Gasteiger partial charge is 0.494 e. The van der Waals surface area contributed by atoms with Gasteiger partial charge in [-0.25, -0.2) is 19.8 Å². The van der Waals surface area contributed by atoms with E-state index in [1.54, 1.807) is 18.3 Å². The summed E-state index contributed by atoms with van der Waals surface area (Å²) in [5.74, 6) is 0.915. The Labute approximate surface area is 199 Å². The van der Waals surface area contributed by atoms with Crippen molar-refractivity contribution in [1.29, 1.82) is 0 Å². The Morgan fingerprint density at radius 1 is 0.853 bits per heavy atom. The number of hydrogen-bond acceptors (Lipinski definition) is 5. The normalized spacial score (nSPS) is 11.0. The van der Waals surface area contributed by atoms with E-state index >= 15 is 0 Å². The monoisotopic (exact) mass is 454 g/mol. The van der Waals surface area contributed by atoms with Gasteiger partial charge in [-0.15, -0.1) is 0 Å². The van der Waals surface area contributed by atoms with Crippen LogP contribution >= 0.6 is 0 Å². The van der Waals surface area contributed by atoms with Gasteiger partial charge in [0.2, 0.25) is 5.95 Å². The molecule has 0 atom stereocenters. The maximum atomic E-state index is 13.4. The zero-order chi connectivity index (χ0) is 23.6. The number of nitrogens with one attached hydrogen (secondary N) is 1. The van der Waals surface area contributed by atoms with E-state index in [0.717, 1.165) is 41.2 Å². The highest BCUT2D eigenvalue weighted by Crippen LogP contribution is 2.25. The van der Waals surface area contributed by atoms with Crippen LogP contribution in [-0.4, -0.2) is 22.8 Å². The highest BCUT2D eigenvalue weighted by atomic mass is 19.1. The van der Waals surface area contributed by atoms with Crippen molar-refractivity contribution in [3.05, 3.63) is 96.3 Å². The number of nitrogens with zero attached hydrogens (tertiary/aromatic N) is 3. The van der Waals surface area contributed by atoms with Crippen molar-refractivity contribution >= 4 is 12.2 Å². The summed E-state index contributed by atoms with van der Waals surface area (Å²) in [6, 6.07) is 25.7. The van der Waals surface area contributed by atoms with Gasteiger partial charge >= 0.3 is 0 Å². The van der Waals surface area contributed by atoms with Crippen LogP contribution in [0.1, 0.15) is 31.7 Å². The standard InChI is InChI=1S/C28H27FN4O/c1-2-3-7-18-34-25-16-10-21(11-17-25)20-30-33-28-31-26(22-8-5-4-6-9-22)19-27(32-28)23-12-14-24(29)15-13-23/h4-6,8-17,19-20H,2-3,7,18H2,1H3,(H,31,32,33)/b30-20+. The van der Waals surface area contributed by atoms with Crippen LogP contribution in [0.4, 0.5) is 10.3 Å². The zero-order valence-electron chi connectivity index (χ0n) is 19.1. The number of unbranched alkanes of at least 4 members (excludes halogenated alkanes) is 2. The summed E-state index contributed by atoms with van der Waals surface area (Å²) >= 11 is 0. The van der Waals surface area contributed by atoms with Crippen molar-refractivity contribution in [3.63, 3.8) is 0 Å². The van der Waals surface area contributed by atoms with Crippen molar-refractivity contribution in [2.45, 2.75) is 26.2 Å². The molecule has 0 fully saturated rings. The zero-order valence-corrected chi connectivity index (χ0v) is 19.1. The van der Waals surface area contributed by atoms with Crippen molar-refractivity contribution in [2.24, 2.45) is 5.10 Å². The van der Waals surface area contributed by atoms with Crippen molar-refractivity contribution < 1.29 is 9.13 Å². The fraction of sp³-hybridized carbons (Fsp3) is 0.179. The molecular weight excluding hydrogens is 427 g/mol. The van der Waals surface area contributed by atoms with Crippen LogP contribution in [0.15, 0.2) is 90.0 Å². The second-order valence-electron chi connectivity index (χ2n) is 7.83. The maximum absolute atomic E-state index is 13.4. The number of aromatic nitrogens is 2. The van der Waals surface area contributed by atoms with Gasteiger partial charge in [0.05, 0.1) is 24.2 Å². The third-order valence-electron chi connectivity index (χ3n) is 5.21. The fourth-order valence-electron chi connectivity index (χ4n) is 3.38. The highest BCUT2D eigenvalue weighted by Gasteiger charge is 2.08. The summed E-state index contributed by atoms with van der Waals surface area (Å²) in [7, 11) is 0. The van der Waals surface area contributed by atoms with E-state index in [4.69, 9.17) is 4.74 Å². The molecule has 172 valence electrons. The molecule has 0 saturated carbocycles. The lowest BCUT2D eigenvalue weighted by atomic mass is 10.1. The van der Waals surface area contributed by atoms with Gasteiger partial charge in [0.25, 0.3) is 0 Å². The van der Waals surface area contributed by atoms with E-state index in [2.05, 4.69) is 27.4 Å². The minimum absolute atomic E-state index is 0.290. The lowest BCUT2D eigenvalue weighted by Crippen LogP contribution is -2.00. The highest BCUT2D eigenvalue weighted by molar-refractivity contribution is 5.80. The quantitative estimate of drug-likeness (QED) is 0.160. The van der Waals surface area contributed by atoms with Gasteiger partial charge in [-0.3, -0.25) is 0 Å². The Hall–Kier alpha value is -4.06. The molecule has 0 unspecified atom stereocenters. The Morgan fingerprint density at radius 3 is 2.21 bits per heavy atom. The Bertz CT molecular complexity index is 1210. The second kappa shape index (κ2) is 11.7. The minimum atomic E-state index is -0.290. The number of hydrogen-bond donors (Lipinski definition) is 1. The van der Waals surface area contributed by atoms with Gasteiger partial charge in [0, 0.05) is 11.1 Å². The SMILES string of the molecule is CCCCCOc1ccc(/C=N/Nc2nc(-c3ccccc3)cc(-c3ccc(F)cc3)n2)cc1. The van der Waals surface area contributed by atoms with Gasteiger partial charge in [0.15, 0.2) is 0 Å². The van der Waals surface area contributed by atoms with Gasteiger partial charge in [0.1, 0.15) is 11.6 Å². The summed E-state index contributed by atoms with van der Waals surface area (Å²) in [5.41, 5.74) is 7.02. The van der Waals surface area contributed by atoms with E-state index in [1.165, 1.54) is 25.0 Å². The Morgan fingerprint density at radius 2 is 1.53 bits per heavy atom. The molecule has 6 heteroatoms. The van der Waals surface area contributed by atoms with Crippen LogP contribution in [0.5, 0.6) is 5.75 Å². The number of rotatable bonds is 10. The molecule has 0 spiro atoms.